The van der Waals surface area contributed by atoms with Crippen molar-refractivity contribution in [2.45, 2.75) is 38.4 Å². The van der Waals surface area contributed by atoms with Crippen LogP contribution in [0.3, 0.4) is 0 Å². The topological polar surface area (TPSA) is 83.8 Å². The standard InChI is InChI=1S/C12H16O5/c1-6(4-9(13)14)12(16)17-11-8-3-2-7(5-8)10(11)15/h4,7-8,10-11,15H,2-3,5H2,1H3,(H,13,14)/b6-4+. The Bertz CT molecular complexity index is 371. The highest BCUT2D eigenvalue weighted by Gasteiger charge is 2.49. The summed E-state index contributed by atoms with van der Waals surface area (Å²) in [6, 6.07) is 0. The Balaban J connectivity index is 1.98. The first-order chi connectivity index (χ1) is 7.99. The van der Waals surface area contributed by atoms with Crippen LogP contribution in [0, 0.1) is 11.8 Å². The molecule has 0 aromatic heterocycles. The van der Waals surface area contributed by atoms with Crippen molar-refractivity contribution < 1.29 is 24.5 Å². The van der Waals surface area contributed by atoms with Gasteiger partial charge < -0.3 is 14.9 Å². The van der Waals surface area contributed by atoms with E-state index in [0.717, 1.165) is 25.3 Å². The molecular formula is C12H16O5. The summed E-state index contributed by atoms with van der Waals surface area (Å²) in [7, 11) is 0. The van der Waals surface area contributed by atoms with Gasteiger partial charge in [0.1, 0.15) is 6.10 Å². The molecule has 2 aliphatic carbocycles. The summed E-state index contributed by atoms with van der Waals surface area (Å²) in [5.41, 5.74) is 0.0486. The Morgan fingerprint density at radius 1 is 1.29 bits per heavy atom. The predicted molar refractivity (Wildman–Crippen MR) is 58.1 cm³/mol. The third-order valence-electron chi connectivity index (χ3n) is 3.70. The van der Waals surface area contributed by atoms with Crippen molar-refractivity contribution in [2.24, 2.45) is 11.8 Å². The van der Waals surface area contributed by atoms with E-state index in [1.807, 2.05) is 0 Å². The van der Waals surface area contributed by atoms with Crippen LogP contribution in [0.1, 0.15) is 26.2 Å². The number of esters is 1. The predicted octanol–water partition coefficient (Wildman–Crippen LogP) is 0.720. The summed E-state index contributed by atoms with van der Waals surface area (Å²) in [5, 5.41) is 18.4. The number of hydrogen-bond acceptors (Lipinski definition) is 4. The smallest absolute Gasteiger partial charge is 0.334 e. The Morgan fingerprint density at radius 2 is 1.94 bits per heavy atom. The second-order valence-corrected chi connectivity index (χ2v) is 4.86. The number of aliphatic hydroxyl groups is 1. The quantitative estimate of drug-likeness (QED) is 0.561. The van der Waals surface area contributed by atoms with E-state index in [1.54, 1.807) is 0 Å². The van der Waals surface area contributed by atoms with Gasteiger partial charge in [-0.2, -0.15) is 0 Å². The molecule has 0 aromatic carbocycles. The highest BCUT2D eigenvalue weighted by atomic mass is 16.6. The number of ether oxygens (including phenoxy) is 1. The zero-order valence-electron chi connectivity index (χ0n) is 9.63. The molecule has 0 aromatic rings. The van der Waals surface area contributed by atoms with Gasteiger partial charge in [-0.05, 0) is 38.0 Å². The number of carbonyl (C=O) groups excluding carboxylic acids is 1. The van der Waals surface area contributed by atoms with Crippen LogP contribution < -0.4 is 0 Å². The normalized spacial score (nSPS) is 36.0. The zero-order chi connectivity index (χ0) is 12.6. The van der Waals surface area contributed by atoms with Crippen LogP contribution in [-0.2, 0) is 14.3 Å². The molecule has 2 saturated carbocycles. The number of carbonyl (C=O) groups is 2. The minimum absolute atomic E-state index is 0.0486. The molecule has 2 rings (SSSR count). The maximum Gasteiger partial charge on any atom is 0.334 e. The van der Waals surface area contributed by atoms with Gasteiger partial charge in [0.05, 0.1) is 6.10 Å². The number of hydrogen-bond donors (Lipinski definition) is 2. The van der Waals surface area contributed by atoms with Crippen molar-refractivity contribution in [3.05, 3.63) is 11.6 Å². The molecule has 4 unspecified atom stereocenters. The van der Waals surface area contributed by atoms with Gasteiger partial charge in [-0.3, -0.25) is 0 Å². The highest BCUT2D eigenvalue weighted by molar-refractivity contribution is 5.95. The van der Waals surface area contributed by atoms with Gasteiger partial charge in [-0.15, -0.1) is 0 Å². The lowest BCUT2D eigenvalue weighted by atomic mass is 9.95. The lowest BCUT2D eigenvalue weighted by molar-refractivity contribution is -0.154. The summed E-state index contributed by atoms with van der Waals surface area (Å²) in [6.45, 7) is 1.40. The molecule has 4 atom stereocenters. The first-order valence-electron chi connectivity index (χ1n) is 5.79. The molecule has 0 amide bonds. The Kier molecular flexibility index (Phi) is 3.19. The average Bonchev–Trinajstić information content (AvgIpc) is 2.81. The van der Waals surface area contributed by atoms with E-state index in [4.69, 9.17) is 9.84 Å². The Hall–Kier alpha value is -1.36. The molecule has 2 aliphatic rings. The van der Waals surface area contributed by atoms with E-state index >= 15 is 0 Å². The zero-order valence-corrected chi connectivity index (χ0v) is 9.63. The van der Waals surface area contributed by atoms with Crippen LogP contribution in [-0.4, -0.2) is 34.4 Å². The third-order valence-corrected chi connectivity index (χ3v) is 3.70. The first-order valence-corrected chi connectivity index (χ1v) is 5.79. The minimum atomic E-state index is -1.17. The summed E-state index contributed by atoms with van der Waals surface area (Å²) >= 11 is 0. The van der Waals surface area contributed by atoms with Gasteiger partial charge in [0.2, 0.25) is 0 Å². The summed E-state index contributed by atoms with van der Waals surface area (Å²) in [6.07, 6.45) is 2.64. The van der Waals surface area contributed by atoms with Crippen LogP contribution in [0.25, 0.3) is 0 Å². The van der Waals surface area contributed by atoms with Crippen LogP contribution in [0.4, 0.5) is 0 Å². The van der Waals surface area contributed by atoms with Crippen molar-refractivity contribution in [1.82, 2.24) is 0 Å². The van der Waals surface area contributed by atoms with Crippen LogP contribution >= 0.6 is 0 Å². The molecule has 5 heteroatoms. The van der Waals surface area contributed by atoms with Crippen molar-refractivity contribution in [3.8, 4) is 0 Å². The Morgan fingerprint density at radius 3 is 2.47 bits per heavy atom. The SMILES string of the molecule is C/C(=C\C(=O)O)C(=O)OC1C2CCC(C2)C1O. The third kappa shape index (κ3) is 2.34. The van der Waals surface area contributed by atoms with Crippen molar-refractivity contribution in [1.29, 1.82) is 0 Å². The monoisotopic (exact) mass is 240 g/mol. The molecule has 2 N–H and O–H groups in total. The number of fused-ring (bicyclic) bond motifs is 2. The number of carboxylic acids is 1. The molecule has 94 valence electrons. The van der Waals surface area contributed by atoms with Gasteiger partial charge in [0.15, 0.2) is 0 Å². The molecule has 0 spiro atoms. The number of aliphatic carboxylic acids is 1. The van der Waals surface area contributed by atoms with Gasteiger partial charge in [0.25, 0.3) is 0 Å². The molecule has 5 nitrogen and oxygen atoms in total. The number of rotatable bonds is 3. The molecule has 0 saturated heterocycles. The highest BCUT2D eigenvalue weighted by Crippen LogP contribution is 2.46. The summed E-state index contributed by atoms with van der Waals surface area (Å²) in [5.74, 6) is -1.35. The summed E-state index contributed by atoms with van der Waals surface area (Å²) in [4.78, 5) is 22.0. The second-order valence-electron chi connectivity index (χ2n) is 4.86. The molecule has 0 aliphatic heterocycles. The van der Waals surface area contributed by atoms with Crippen LogP contribution in [0.15, 0.2) is 11.6 Å². The van der Waals surface area contributed by atoms with Crippen LogP contribution in [0.5, 0.6) is 0 Å². The Labute approximate surface area is 99.1 Å². The minimum Gasteiger partial charge on any atom is -0.478 e. The van der Waals surface area contributed by atoms with Gasteiger partial charge >= 0.3 is 11.9 Å². The fraction of sp³-hybridized carbons (Fsp3) is 0.667. The van der Waals surface area contributed by atoms with E-state index in [1.165, 1.54) is 6.92 Å². The van der Waals surface area contributed by atoms with E-state index < -0.39 is 24.1 Å². The first kappa shape index (κ1) is 12.1. The second kappa shape index (κ2) is 4.49. The molecule has 17 heavy (non-hydrogen) atoms. The van der Waals surface area contributed by atoms with Gasteiger partial charge in [0, 0.05) is 11.6 Å². The summed E-state index contributed by atoms with van der Waals surface area (Å²) < 4.78 is 5.20. The van der Waals surface area contributed by atoms with E-state index in [9.17, 15) is 14.7 Å². The van der Waals surface area contributed by atoms with Crippen LogP contribution in [0.2, 0.25) is 0 Å². The van der Waals surface area contributed by atoms with E-state index in [-0.39, 0.29) is 17.4 Å². The maximum atomic E-state index is 11.6. The maximum absolute atomic E-state index is 11.6. The van der Waals surface area contributed by atoms with Gasteiger partial charge in [-0.25, -0.2) is 9.59 Å². The van der Waals surface area contributed by atoms with Crippen molar-refractivity contribution in [3.63, 3.8) is 0 Å². The van der Waals surface area contributed by atoms with Crippen molar-refractivity contribution in [2.75, 3.05) is 0 Å². The van der Waals surface area contributed by atoms with E-state index in [0.29, 0.717) is 0 Å². The molecule has 2 bridgehead atoms. The van der Waals surface area contributed by atoms with E-state index in [2.05, 4.69) is 0 Å². The number of aliphatic hydroxyl groups excluding tert-OH is 1. The molecule has 0 heterocycles. The molecular weight excluding hydrogens is 224 g/mol. The average molecular weight is 240 g/mol. The number of carboxylic acid groups (broad SMARTS) is 1. The molecule has 0 radical (unpaired) electrons. The molecule has 2 fully saturated rings. The van der Waals surface area contributed by atoms with Gasteiger partial charge in [-0.1, -0.05) is 0 Å². The fourth-order valence-corrected chi connectivity index (χ4v) is 2.84. The van der Waals surface area contributed by atoms with Crippen molar-refractivity contribution >= 4 is 11.9 Å². The largest absolute Gasteiger partial charge is 0.478 e. The lowest BCUT2D eigenvalue weighted by Crippen LogP contribution is -2.36. The fourth-order valence-electron chi connectivity index (χ4n) is 2.84. The lowest BCUT2D eigenvalue weighted by Gasteiger charge is -2.26.